The maximum absolute atomic E-state index is 5.92. The first kappa shape index (κ1) is 14.9. The summed E-state index contributed by atoms with van der Waals surface area (Å²) in [5, 5.41) is 5.77. The number of alkyl halides is 1. The Bertz CT molecular complexity index is 588. The van der Waals surface area contributed by atoms with Crippen LogP contribution in [0, 0.1) is 0 Å². The predicted molar refractivity (Wildman–Crippen MR) is 86.0 cm³/mol. The first-order valence-electron chi connectivity index (χ1n) is 6.89. The normalized spacial score (nSPS) is 14.0. The Hall–Kier alpha value is -1.48. The number of pyridine rings is 1. The van der Waals surface area contributed by atoms with Crippen molar-refractivity contribution < 1.29 is 4.74 Å². The van der Waals surface area contributed by atoms with Gasteiger partial charge in [0, 0.05) is 23.0 Å². The Labute approximate surface area is 125 Å². The minimum absolute atomic E-state index is 0.0495. The van der Waals surface area contributed by atoms with Gasteiger partial charge in [0.05, 0.1) is 7.11 Å². The number of rotatable bonds is 6. The van der Waals surface area contributed by atoms with Gasteiger partial charge >= 0.3 is 0 Å². The highest BCUT2D eigenvalue weighted by atomic mass is 35.5. The average molecular weight is 293 g/mol. The van der Waals surface area contributed by atoms with Crippen molar-refractivity contribution in [2.24, 2.45) is 0 Å². The van der Waals surface area contributed by atoms with Crippen LogP contribution in [0.4, 0.5) is 5.82 Å². The number of fused-ring (bicyclic) bond motifs is 1. The first-order chi connectivity index (χ1) is 9.61. The summed E-state index contributed by atoms with van der Waals surface area (Å²) >= 11 is 5.92. The molecule has 20 heavy (non-hydrogen) atoms. The highest BCUT2D eigenvalue weighted by molar-refractivity contribution is 6.17. The van der Waals surface area contributed by atoms with E-state index in [9.17, 15) is 0 Å². The van der Waals surface area contributed by atoms with E-state index in [2.05, 4.69) is 24.1 Å². The Morgan fingerprint density at radius 2 is 2.15 bits per heavy atom. The second kappa shape index (κ2) is 6.31. The molecule has 1 aromatic carbocycles. The summed E-state index contributed by atoms with van der Waals surface area (Å²) in [4.78, 5) is 4.49. The van der Waals surface area contributed by atoms with Gasteiger partial charge in [-0.15, -0.1) is 11.6 Å². The van der Waals surface area contributed by atoms with E-state index in [-0.39, 0.29) is 5.54 Å². The van der Waals surface area contributed by atoms with E-state index in [1.807, 2.05) is 30.5 Å². The predicted octanol–water partition coefficient (Wildman–Crippen LogP) is 4.45. The van der Waals surface area contributed by atoms with E-state index >= 15 is 0 Å². The van der Waals surface area contributed by atoms with E-state index in [0.717, 1.165) is 35.2 Å². The van der Waals surface area contributed by atoms with Crippen LogP contribution in [-0.2, 0) is 0 Å². The molecule has 0 aliphatic heterocycles. The third-order valence-corrected chi connectivity index (χ3v) is 4.01. The van der Waals surface area contributed by atoms with Crippen molar-refractivity contribution in [1.29, 1.82) is 0 Å². The van der Waals surface area contributed by atoms with Gasteiger partial charge in [-0.05, 0) is 43.4 Å². The third-order valence-electron chi connectivity index (χ3n) is 3.82. The molecule has 1 atom stereocenters. The van der Waals surface area contributed by atoms with Crippen molar-refractivity contribution in [1.82, 2.24) is 4.98 Å². The molecule has 0 saturated carbocycles. The first-order valence-corrected chi connectivity index (χ1v) is 7.42. The molecule has 1 heterocycles. The molecule has 1 N–H and O–H groups in total. The third kappa shape index (κ3) is 3.15. The van der Waals surface area contributed by atoms with Crippen molar-refractivity contribution in [3.8, 4) is 5.75 Å². The molecule has 0 aliphatic rings. The lowest BCUT2D eigenvalue weighted by Crippen LogP contribution is -2.34. The number of ether oxygens (including phenoxy) is 1. The van der Waals surface area contributed by atoms with Gasteiger partial charge in [-0.1, -0.05) is 13.0 Å². The van der Waals surface area contributed by atoms with Crippen LogP contribution in [0.5, 0.6) is 5.75 Å². The fourth-order valence-corrected chi connectivity index (χ4v) is 2.61. The number of methoxy groups -OCH3 is 1. The van der Waals surface area contributed by atoms with Crippen LogP contribution >= 0.6 is 11.6 Å². The highest BCUT2D eigenvalue weighted by Gasteiger charge is 2.22. The van der Waals surface area contributed by atoms with Gasteiger partial charge in [0.2, 0.25) is 0 Å². The Balaban J connectivity index is 2.43. The van der Waals surface area contributed by atoms with E-state index in [4.69, 9.17) is 16.3 Å². The van der Waals surface area contributed by atoms with E-state index < -0.39 is 0 Å². The van der Waals surface area contributed by atoms with Crippen LogP contribution in [-0.4, -0.2) is 23.5 Å². The van der Waals surface area contributed by atoms with Crippen molar-refractivity contribution in [3.63, 3.8) is 0 Å². The molecule has 1 aromatic heterocycles. The standard InChI is InChI=1S/C16H21ClN2O/c1-4-16(2,8-9-17)19-15-14-11-13(20-3)6-5-12(14)7-10-18-15/h5-7,10-11H,4,8-9H2,1-3H3,(H,18,19). The Morgan fingerprint density at radius 1 is 1.35 bits per heavy atom. The van der Waals surface area contributed by atoms with Crippen LogP contribution in [0.25, 0.3) is 10.8 Å². The number of nitrogens with zero attached hydrogens (tertiary/aromatic N) is 1. The quantitative estimate of drug-likeness (QED) is 0.799. The van der Waals surface area contributed by atoms with Gasteiger partial charge < -0.3 is 10.1 Å². The fraction of sp³-hybridized carbons (Fsp3) is 0.438. The Morgan fingerprint density at radius 3 is 2.80 bits per heavy atom. The second-order valence-corrected chi connectivity index (χ2v) is 5.60. The smallest absolute Gasteiger partial charge is 0.134 e. The summed E-state index contributed by atoms with van der Waals surface area (Å²) in [7, 11) is 1.67. The number of hydrogen-bond donors (Lipinski definition) is 1. The summed E-state index contributed by atoms with van der Waals surface area (Å²) in [6, 6.07) is 8.03. The number of anilines is 1. The minimum Gasteiger partial charge on any atom is -0.497 e. The summed E-state index contributed by atoms with van der Waals surface area (Å²) in [5.41, 5.74) is -0.0495. The maximum Gasteiger partial charge on any atom is 0.134 e. The van der Waals surface area contributed by atoms with Crippen LogP contribution in [0.2, 0.25) is 0 Å². The molecule has 0 saturated heterocycles. The van der Waals surface area contributed by atoms with Crippen LogP contribution in [0.15, 0.2) is 30.5 Å². The molecule has 4 heteroatoms. The van der Waals surface area contributed by atoms with Crippen molar-refractivity contribution in [2.45, 2.75) is 32.2 Å². The summed E-state index contributed by atoms with van der Waals surface area (Å²) in [6.45, 7) is 4.33. The van der Waals surface area contributed by atoms with Crippen LogP contribution < -0.4 is 10.1 Å². The van der Waals surface area contributed by atoms with Crippen molar-refractivity contribution in [2.75, 3.05) is 18.3 Å². The average Bonchev–Trinajstić information content (AvgIpc) is 2.47. The van der Waals surface area contributed by atoms with Gasteiger partial charge in [0.15, 0.2) is 0 Å². The fourth-order valence-electron chi connectivity index (χ4n) is 2.20. The zero-order valence-electron chi connectivity index (χ0n) is 12.2. The minimum atomic E-state index is -0.0495. The van der Waals surface area contributed by atoms with Gasteiger partial charge in [0.25, 0.3) is 0 Å². The molecule has 0 radical (unpaired) electrons. The monoisotopic (exact) mass is 292 g/mol. The second-order valence-electron chi connectivity index (χ2n) is 5.22. The molecule has 0 amide bonds. The summed E-state index contributed by atoms with van der Waals surface area (Å²) < 4.78 is 5.30. The van der Waals surface area contributed by atoms with Crippen molar-refractivity contribution >= 4 is 28.2 Å². The molecule has 0 bridgehead atoms. The molecule has 0 aliphatic carbocycles. The number of nitrogens with one attached hydrogen (secondary N) is 1. The SMILES string of the molecule is CCC(C)(CCCl)Nc1nccc2ccc(OC)cc12. The van der Waals surface area contributed by atoms with Crippen molar-refractivity contribution in [3.05, 3.63) is 30.5 Å². The maximum atomic E-state index is 5.92. The topological polar surface area (TPSA) is 34.2 Å². The molecule has 2 aromatic rings. The number of hydrogen-bond acceptors (Lipinski definition) is 3. The zero-order chi connectivity index (χ0) is 14.6. The molecular weight excluding hydrogens is 272 g/mol. The van der Waals surface area contributed by atoms with E-state index in [1.165, 1.54) is 0 Å². The Kier molecular flexibility index (Phi) is 4.71. The molecule has 2 rings (SSSR count). The van der Waals surface area contributed by atoms with Crippen LogP contribution in [0.1, 0.15) is 26.7 Å². The molecule has 0 spiro atoms. The molecule has 108 valence electrons. The van der Waals surface area contributed by atoms with Gasteiger partial charge in [-0.2, -0.15) is 0 Å². The van der Waals surface area contributed by atoms with Crippen LogP contribution in [0.3, 0.4) is 0 Å². The van der Waals surface area contributed by atoms with E-state index in [0.29, 0.717) is 5.88 Å². The molecule has 3 nitrogen and oxygen atoms in total. The number of halogens is 1. The molecule has 0 fully saturated rings. The zero-order valence-corrected chi connectivity index (χ0v) is 13.0. The van der Waals surface area contributed by atoms with E-state index in [1.54, 1.807) is 7.11 Å². The molecule has 1 unspecified atom stereocenters. The summed E-state index contributed by atoms with van der Waals surface area (Å²) in [6.07, 6.45) is 3.71. The summed E-state index contributed by atoms with van der Waals surface area (Å²) in [5.74, 6) is 2.35. The highest BCUT2D eigenvalue weighted by Crippen LogP contribution is 2.29. The lowest BCUT2D eigenvalue weighted by atomic mass is 9.95. The lowest BCUT2D eigenvalue weighted by molar-refractivity contribution is 0.415. The largest absolute Gasteiger partial charge is 0.497 e. The van der Waals surface area contributed by atoms with Gasteiger partial charge in [0.1, 0.15) is 11.6 Å². The number of benzene rings is 1. The number of aromatic nitrogens is 1. The van der Waals surface area contributed by atoms with Gasteiger partial charge in [-0.3, -0.25) is 0 Å². The molecular formula is C16H21ClN2O. The lowest BCUT2D eigenvalue weighted by Gasteiger charge is -2.30. The van der Waals surface area contributed by atoms with Gasteiger partial charge in [-0.25, -0.2) is 4.98 Å².